The van der Waals surface area contributed by atoms with Crippen LogP contribution in [0.1, 0.15) is 18.5 Å². The van der Waals surface area contributed by atoms with Crippen LogP contribution in [0.3, 0.4) is 0 Å². The Labute approximate surface area is 190 Å². The number of aromatic nitrogens is 1. The van der Waals surface area contributed by atoms with E-state index in [1.54, 1.807) is 0 Å². The van der Waals surface area contributed by atoms with Crippen molar-refractivity contribution in [2.75, 3.05) is 37.9 Å². The Morgan fingerprint density at radius 2 is 1.69 bits per heavy atom. The summed E-state index contributed by atoms with van der Waals surface area (Å²) in [7, 11) is 0. The van der Waals surface area contributed by atoms with Crippen LogP contribution in [0.2, 0.25) is 5.02 Å². The molecule has 2 fully saturated rings. The summed E-state index contributed by atoms with van der Waals surface area (Å²) in [5, 5.41) is 5.02. The lowest BCUT2D eigenvalue weighted by molar-refractivity contribution is -0.134. The standard InChI is InChI=1S/C24H22ClN3O4/c25-17-2-4-18(5-3-17)27-9-11-28(12-10-27)23(29)24(7-8-24)22-14-20(32-26-22)16-1-6-19-21(13-16)31-15-30-19/h1-6,13-14H,7-12,15H2. The van der Waals surface area contributed by atoms with E-state index in [2.05, 4.69) is 10.1 Å². The van der Waals surface area contributed by atoms with Crippen LogP contribution in [0.15, 0.2) is 53.1 Å². The van der Waals surface area contributed by atoms with Crippen molar-refractivity contribution >= 4 is 23.2 Å². The third-order valence-electron chi connectivity index (χ3n) is 6.58. The predicted molar refractivity (Wildman–Crippen MR) is 119 cm³/mol. The summed E-state index contributed by atoms with van der Waals surface area (Å²) < 4.78 is 16.4. The van der Waals surface area contributed by atoms with E-state index in [4.69, 9.17) is 25.6 Å². The van der Waals surface area contributed by atoms with Gasteiger partial charge in [-0.1, -0.05) is 16.8 Å². The van der Waals surface area contributed by atoms with Crippen LogP contribution >= 0.6 is 11.6 Å². The Bertz CT molecular complexity index is 1160. The zero-order valence-electron chi connectivity index (χ0n) is 17.4. The fourth-order valence-corrected chi connectivity index (χ4v) is 4.64. The van der Waals surface area contributed by atoms with Gasteiger partial charge in [0.2, 0.25) is 12.7 Å². The molecule has 3 aliphatic rings. The first-order chi connectivity index (χ1) is 15.6. The molecular weight excluding hydrogens is 430 g/mol. The van der Waals surface area contributed by atoms with Gasteiger partial charge in [0.1, 0.15) is 0 Å². The number of hydrogen-bond donors (Lipinski definition) is 0. The molecule has 1 amide bonds. The molecule has 1 saturated heterocycles. The predicted octanol–water partition coefficient (Wildman–Crippen LogP) is 4.10. The van der Waals surface area contributed by atoms with Crippen molar-refractivity contribution in [3.63, 3.8) is 0 Å². The van der Waals surface area contributed by atoms with Crippen LogP contribution in [0.5, 0.6) is 11.5 Å². The van der Waals surface area contributed by atoms with Crippen molar-refractivity contribution in [3.05, 3.63) is 59.2 Å². The second kappa shape index (κ2) is 7.45. The molecular formula is C24H22ClN3O4. The van der Waals surface area contributed by atoms with Gasteiger partial charge in [0.15, 0.2) is 17.3 Å². The average Bonchev–Trinajstić information content (AvgIpc) is 3.25. The highest BCUT2D eigenvalue weighted by Crippen LogP contribution is 2.50. The molecule has 8 heteroatoms. The van der Waals surface area contributed by atoms with E-state index >= 15 is 0 Å². The highest BCUT2D eigenvalue weighted by molar-refractivity contribution is 6.30. The summed E-state index contributed by atoms with van der Waals surface area (Å²) in [5.74, 6) is 2.19. The van der Waals surface area contributed by atoms with E-state index in [1.807, 2.05) is 53.4 Å². The highest BCUT2D eigenvalue weighted by atomic mass is 35.5. The lowest BCUT2D eigenvalue weighted by atomic mass is 9.99. The summed E-state index contributed by atoms with van der Waals surface area (Å²) in [6, 6.07) is 15.4. The van der Waals surface area contributed by atoms with Gasteiger partial charge in [-0.05, 0) is 55.3 Å². The average molecular weight is 452 g/mol. The second-order valence-corrected chi connectivity index (χ2v) is 8.92. The first-order valence-electron chi connectivity index (χ1n) is 10.8. The smallest absolute Gasteiger partial charge is 0.235 e. The summed E-state index contributed by atoms with van der Waals surface area (Å²) in [6.07, 6.45) is 1.60. The molecule has 0 unspecified atom stereocenters. The fraction of sp³-hybridized carbons (Fsp3) is 0.333. The summed E-state index contributed by atoms with van der Waals surface area (Å²) >= 11 is 6.00. The molecule has 2 aliphatic heterocycles. The number of ether oxygens (including phenoxy) is 2. The summed E-state index contributed by atoms with van der Waals surface area (Å²) in [5.41, 5.74) is 2.15. The maximum atomic E-state index is 13.4. The van der Waals surface area contributed by atoms with Crippen LogP contribution in [-0.4, -0.2) is 48.9 Å². The number of anilines is 1. The van der Waals surface area contributed by atoms with Crippen molar-refractivity contribution in [3.8, 4) is 22.8 Å². The molecule has 0 bridgehead atoms. The lowest BCUT2D eigenvalue weighted by Crippen LogP contribution is -2.51. The van der Waals surface area contributed by atoms with Gasteiger partial charge in [-0.25, -0.2) is 0 Å². The number of rotatable bonds is 4. The Kier molecular flexibility index (Phi) is 4.54. The maximum absolute atomic E-state index is 13.4. The highest BCUT2D eigenvalue weighted by Gasteiger charge is 2.55. The fourth-order valence-electron chi connectivity index (χ4n) is 4.51. The third-order valence-corrected chi connectivity index (χ3v) is 6.83. The minimum atomic E-state index is -0.555. The first-order valence-corrected chi connectivity index (χ1v) is 11.2. The van der Waals surface area contributed by atoms with Gasteiger partial charge in [-0.2, -0.15) is 0 Å². The third kappa shape index (κ3) is 3.28. The van der Waals surface area contributed by atoms with Crippen LogP contribution < -0.4 is 14.4 Å². The maximum Gasteiger partial charge on any atom is 0.235 e. The van der Waals surface area contributed by atoms with Gasteiger partial charge in [-0.3, -0.25) is 4.79 Å². The monoisotopic (exact) mass is 451 g/mol. The van der Waals surface area contributed by atoms with E-state index in [9.17, 15) is 4.79 Å². The van der Waals surface area contributed by atoms with E-state index in [0.29, 0.717) is 24.6 Å². The molecule has 0 atom stereocenters. The molecule has 3 aromatic rings. The number of carbonyl (C=O) groups is 1. The van der Waals surface area contributed by atoms with E-state index in [-0.39, 0.29) is 12.7 Å². The quantitative estimate of drug-likeness (QED) is 0.594. The minimum Gasteiger partial charge on any atom is -0.454 e. The van der Waals surface area contributed by atoms with Crippen molar-refractivity contribution < 1.29 is 18.8 Å². The van der Waals surface area contributed by atoms with Crippen LogP contribution in [0.4, 0.5) is 5.69 Å². The lowest BCUT2D eigenvalue weighted by Gasteiger charge is -2.37. The van der Waals surface area contributed by atoms with Gasteiger partial charge in [0, 0.05) is 48.5 Å². The molecule has 32 heavy (non-hydrogen) atoms. The van der Waals surface area contributed by atoms with Gasteiger partial charge in [-0.15, -0.1) is 0 Å². The molecule has 0 radical (unpaired) electrons. The van der Waals surface area contributed by atoms with Gasteiger partial charge in [0.25, 0.3) is 0 Å². The van der Waals surface area contributed by atoms with Crippen molar-refractivity contribution in [2.24, 2.45) is 0 Å². The Morgan fingerprint density at radius 3 is 2.44 bits per heavy atom. The first kappa shape index (κ1) is 19.5. The number of piperazine rings is 1. The zero-order chi connectivity index (χ0) is 21.7. The number of amides is 1. The summed E-state index contributed by atoms with van der Waals surface area (Å²) in [6.45, 7) is 3.20. The number of hydrogen-bond acceptors (Lipinski definition) is 6. The van der Waals surface area contributed by atoms with Crippen LogP contribution in [-0.2, 0) is 10.2 Å². The van der Waals surface area contributed by atoms with Gasteiger partial charge >= 0.3 is 0 Å². The SMILES string of the molecule is O=C(N1CCN(c2ccc(Cl)cc2)CC1)C1(c2cc(-c3ccc4c(c3)OCO4)on2)CC1. The number of carbonyl (C=O) groups excluding carboxylic acids is 1. The van der Waals surface area contributed by atoms with E-state index in [0.717, 1.165) is 53.6 Å². The normalized spacial score (nSPS) is 18.7. The number of halogens is 1. The van der Waals surface area contributed by atoms with Crippen molar-refractivity contribution in [1.29, 1.82) is 0 Å². The number of fused-ring (bicyclic) bond motifs is 1. The van der Waals surface area contributed by atoms with E-state index in [1.165, 1.54) is 0 Å². The van der Waals surface area contributed by atoms with Gasteiger partial charge in [0.05, 0.1) is 11.1 Å². The number of benzene rings is 2. The largest absolute Gasteiger partial charge is 0.454 e. The molecule has 6 rings (SSSR count). The van der Waals surface area contributed by atoms with Crippen LogP contribution in [0.25, 0.3) is 11.3 Å². The molecule has 164 valence electrons. The Hall–Kier alpha value is -3.19. The molecule has 2 aromatic carbocycles. The minimum absolute atomic E-state index is 0.152. The van der Waals surface area contributed by atoms with Crippen LogP contribution in [0, 0.1) is 0 Å². The Morgan fingerprint density at radius 1 is 0.938 bits per heavy atom. The Balaban J connectivity index is 1.16. The van der Waals surface area contributed by atoms with Crippen molar-refractivity contribution in [2.45, 2.75) is 18.3 Å². The topological polar surface area (TPSA) is 68.0 Å². The molecule has 3 heterocycles. The molecule has 1 saturated carbocycles. The van der Waals surface area contributed by atoms with Gasteiger partial charge < -0.3 is 23.8 Å². The molecule has 7 nitrogen and oxygen atoms in total. The molecule has 0 spiro atoms. The molecule has 1 aliphatic carbocycles. The summed E-state index contributed by atoms with van der Waals surface area (Å²) in [4.78, 5) is 17.7. The molecule has 0 N–H and O–H groups in total. The van der Waals surface area contributed by atoms with E-state index < -0.39 is 5.41 Å². The second-order valence-electron chi connectivity index (χ2n) is 8.48. The van der Waals surface area contributed by atoms with Crippen molar-refractivity contribution in [1.82, 2.24) is 10.1 Å². The number of nitrogens with zero attached hydrogens (tertiary/aromatic N) is 3. The molecule has 1 aromatic heterocycles. The zero-order valence-corrected chi connectivity index (χ0v) is 18.2.